The van der Waals surface area contributed by atoms with Gasteiger partial charge in [0.05, 0.1) is 13.2 Å². The molecule has 3 N–H and O–H groups in total. The molecule has 0 aliphatic carbocycles. The fourth-order valence-corrected chi connectivity index (χ4v) is 2.34. The summed E-state index contributed by atoms with van der Waals surface area (Å²) in [6.07, 6.45) is -3.39. The van der Waals surface area contributed by atoms with Crippen LogP contribution in [0.2, 0.25) is 0 Å². The maximum absolute atomic E-state index is 12.2. The molecule has 0 atom stereocenters. The summed E-state index contributed by atoms with van der Waals surface area (Å²) in [5, 5.41) is 2.97. The Kier molecular flexibility index (Phi) is 7.64. The van der Waals surface area contributed by atoms with Crippen LogP contribution >= 0.6 is 0 Å². The summed E-state index contributed by atoms with van der Waals surface area (Å²) in [6.45, 7) is 2.03. The molecule has 2 rings (SSSR count). The van der Waals surface area contributed by atoms with Crippen molar-refractivity contribution in [3.8, 4) is 5.75 Å². The Labute approximate surface area is 160 Å². The molecule has 0 saturated carbocycles. The fraction of sp³-hybridized carbons (Fsp3) is 0.412. The SMILES string of the molecule is COCCN(CCOC)c1ncnc(Nc2ccc(OC(F)(F)F)cc2)c1N. The number of hydrogen-bond acceptors (Lipinski definition) is 8. The van der Waals surface area contributed by atoms with E-state index in [9.17, 15) is 13.2 Å². The van der Waals surface area contributed by atoms with E-state index >= 15 is 0 Å². The second-order valence-corrected chi connectivity index (χ2v) is 5.63. The number of nitrogen functional groups attached to an aromatic ring is 1. The van der Waals surface area contributed by atoms with Gasteiger partial charge < -0.3 is 30.2 Å². The van der Waals surface area contributed by atoms with Gasteiger partial charge >= 0.3 is 6.36 Å². The smallest absolute Gasteiger partial charge is 0.406 e. The van der Waals surface area contributed by atoms with Crippen LogP contribution in [0, 0.1) is 0 Å². The van der Waals surface area contributed by atoms with Gasteiger partial charge in [0.1, 0.15) is 17.8 Å². The lowest BCUT2D eigenvalue weighted by Crippen LogP contribution is -2.32. The molecule has 0 aliphatic rings. The largest absolute Gasteiger partial charge is 0.573 e. The van der Waals surface area contributed by atoms with Gasteiger partial charge in [0, 0.05) is 33.0 Å². The first-order valence-electron chi connectivity index (χ1n) is 8.30. The highest BCUT2D eigenvalue weighted by Gasteiger charge is 2.31. The van der Waals surface area contributed by atoms with E-state index in [0.29, 0.717) is 49.3 Å². The number of benzene rings is 1. The van der Waals surface area contributed by atoms with Crippen molar-refractivity contribution in [2.45, 2.75) is 6.36 Å². The number of nitrogens with two attached hydrogens (primary N) is 1. The number of nitrogens with one attached hydrogen (secondary N) is 1. The monoisotopic (exact) mass is 401 g/mol. The van der Waals surface area contributed by atoms with E-state index in [1.165, 1.54) is 30.6 Å². The second-order valence-electron chi connectivity index (χ2n) is 5.63. The lowest BCUT2D eigenvalue weighted by Gasteiger charge is -2.25. The van der Waals surface area contributed by atoms with Crippen LogP contribution in [-0.4, -0.2) is 56.9 Å². The third kappa shape index (κ3) is 6.43. The quantitative estimate of drug-likeness (QED) is 0.628. The lowest BCUT2D eigenvalue weighted by atomic mass is 10.3. The van der Waals surface area contributed by atoms with E-state index < -0.39 is 6.36 Å². The van der Waals surface area contributed by atoms with Crippen molar-refractivity contribution in [1.82, 2.24) is 9.97 Å². The minimum atomic E-state index is -4.74. The topological polar surface area (TPSA) is 94.8 Å². The van der Waals surface area contributed by atoms with Gasteiger partial charge in [-0.25, -0.2) is 9.97 Å². The average molecular weight is 401 g/mol. The molecule has 0 fully saturated rings. The maximum Gasteiger partial charge on any atom is 0.573 e. The molecular formula is C17H22F3N5O3. The van der Waals surface area contributed by atoms with Crippen molar-refractivity contribution < 1.29 is 27.4 Å². The van der Waals surface area contributed by atoms with Gasteiger partial charge in [-0.15, -0.1) is 13.2 Å². The number of nitrogens with zero attached hydrogens (tertiary/aromatic N) is 3. The van der Waals surface area contributed by atoms with Gasteiger partial charge in [-0.1, -0.05) is 0 Å². The van der Waals surface area contributed by atoms with Crippen LogP contribution in [0.5, 0.6) is 5.75 Å². The minimum Gasteiger partial charge on any atom is -0.406 e. The molecule has 11 heteroatoms. The van der Waals surface area contributed by atoms with Crippen molar-refractivity contribution in [2.75, 3.05) is 56.5 Å². The molecule has 1 heterocycles. The Morgan fingerprint density at radius 3 is 2.18 bits per heavy atom. The molecule has 0 spiro atoms. The molecule has 8 nitrogen and oxygen atoms in total. The molecule has 0 saturated heterocycles. The van der Waals surface area contributed by atoms with Crippen molar-refractivity contribution in [2.24, 2.45) is 0 Å². The van der Waals surface area contributed by atoms with Crippen LogP contribution in [-0.2, 0) is 9.47 Å². The van der Waals surface area contributed by atoms with Crippen molar-refractivity contribution >= 4 is 23.0 Å². The van der Waals surface area contributed by atoms with Gasteiger partial charge in [0.15, 0.2) is 11.6 Å². The van der Waals surface area contributed by atoms with Crippen molar-refractivity contribution in [3.63, 3.8) is 0 Å². The summed E-state index contributed by atoms with van der Waals surface area (Å²) in [5.41, 5.74) is 6.99. The van der Waals surface area contributed by atoms with Crippen LogP contribution in [0.4, 0.5) is 36.2 Å². The van der Waals surface area contributed by atoms with Gasteiger partial charge in [0.2, 0.25) is 0 Å². The number of halogens is 3. The van der Waals surface area contributed by atoms with Gasteiger partial charge in [-0.3, -0.25) is 0 Å². The number of rotatable bonds is 10. The Bertz CT molecular complexity index is 736. The van der Waals surface area contributed by atoms with E-state index in [1.807, 2.05) is 4.90 Å². The Morgan fingerprint density at radius 1 is 1.04 bits per heavy atom. The Hall–Kier alpha value is -2.79. The summed E-state index contributed by atoms with van der Waals surface area (Å²) < 4.78 is 50.8. The molecule has 2 aromatic rings. The van der Waals surface area contributed by atoms with Gasteiger partial charge in [-0.2, -0.15) is 0 Å². The number of aromatic nitrogens is 2. The third-order valence-corrected chi connectivity index (χ3v) is 3.64. The molecular weight excluding hydrogens is 379 g/mol. The predicted molar refractivity (Wildman–Crippen MR) is 98.8 cm³/mol. The summed E-state index contributed by atoms with van der Waals surface area (Å²) in [5.74, 6) is 0.512. The maximum atomic E-state index is 12.2. The number of anilines is 4. The molecule has 0 bridgehead atoms. The number of hydrogen-bond donors (Lipinski definition) is 2. The summed E-state index contributed by atoms with van der Waals surface area (Å²) in [4.78, 5) is 10.2. The van der Waals surface area contributed by atoms with Crippen LogP contribution in [0.3, 0.4) is 0 Å². The van der Waals surface area contributed by atoms with Crippen LogP contribution in [0.15, 0.2) is 30.6 Å². The Morgan fingerprint density at radius 2 is 1.64 bits per heavy atom. The molecule has 154 valence electrons. The highest BCUT2D eigenvalue weighted by molar-refractivity contribution is 5.78. The highest BCUT2D eigenvalue weighted by atomic mass is 19.4. The number of methoxy groups -OCH3 is 2. The first-order chi connectivity index (χ1) is 13.3. The highest BCUT2D eigenvalue weighted by Crippen LogP contribution is 2.30. The summed E-state index contributed by atoms with van der Waals surface area (Å²) in [6, 6.07) is 5.24. The van der Waals surface area contributed by atoms with Crippen molar-refractivity contribution in [1.29, 1.82) is 0 Å². The normalized spacial score (nSPS) is 11.3. The van der Waals surface area contributed by atoms with Crippen molar-refractivity contribution in [3.05, 3.63) is 30.6 Å². The summed E-state index contributed by atoms with van der Waals surface area (Å²) >= 11 is 0. The lowest BCUT2D eigenvalue weighted by molar-refractivity contribution is -0.274. The first-order valence-corrected chi connectivity index (χ1v) is 8.30. The molecule has 1 aromatic heterocycles. The van der Waals surface area contributed by atoms with E-state index in [0.717, 1.165) is 0 Å². The van der Waals surface area contributed by atoms with Gasteiger partial charge in [0.25, 0.3) is 0 Å². The molecule has 0 unspecified atom stereocenters. The van der Waals surface area contributed by atoms with E-state index in [2.05, 4.69) is 20.0 Å². The molecule has 28 heavy (non-hydrogen) atoms. The first kappa shape index (κ1) is 21.5. The zero-order valence-corrected chi connectivity index (χ0v) is 15.5. The van der Waals surface area contributed by atoms with Crippen LogP contribution < -0.4 is 20.7 Å². The van der Waals surface area contributed by atoms with Crippen LogP contribution in [0.1, 0.15) is 0 Å². The zero-order valence-electron chi connectivity index (χ0n) is 15.5. The fourth-order valence-electron chi connectivity index (χ4n) is 2.34. The molecule has 1 aromatic carbocycles. The number of ether oxygens (including phenoxy) is 3. The van der Waals surface area contributed by atoms with Crippen LogP contribution in [0.25, 0.3) is 0 Å². The minimum absolute atomic E-state index is 0.297. The predicted octanol–water partition coefficient (Wildman–Crippen LogP) is 2.80. The summed E-state index contributed by atoms with van der Waals surface area (Å²) in [7, 11) is 3.19. The average Bonchev–Trinajstić information content (AvgIpc) is 2.64. The van der Waals surface area contributed by atoms with E-state index in [4.69, 9.17) is 15.2 Å². The third-order valence-electron chi connectivity index (χ3n) is 3.64. The van der Waals surface area contributed by atoms with E-state index in [-0.39, 0.29) is 5.75 Å². The standard InChI is InChI=1S/C17H22F3N5O3/c1-26-9-7-25(8-10-27-2)16-14(21)15(22-11-23-16)24-12-3-5-13(6-4-12)28-17(18,19)20/h3-6,11H,7-10,21H2,1-2H3,(H,22,23,24). The molecule has 0 amide bonds. The van der Waals surface area contributed by atoms with Gasteiger partial charge in [-0.05, 0) is 24.3 Å². The Balaban J connectivity index is 2.17. The van der Waals surface area contributed by atoms with E-state index in [1.54, 1.807) is 14.2 Å². The zero-order chi connectivity index (χ0) is 20.6. The number of alkyl halides is 3. The molecule has 0 aliphatic heterocycles. The molecule has 0 radical (unpaired) electrons. The second kappa shape index (κ2) is 9.95.